The molecule has 4 aromatic rings. The highest BCUT2D eigenvalue weighted by Gasteiger charge is 2.24. The van der Waals surface area contributed by atoms with Crippen molar-refractivity contribution in [3.05, 3.63) is 99.2 Å². The number of nitrogens with zero attached hydrogens (tertiary/aromatic N) is 1. The molecule has 180 valence electrons. The number of carbonyl (C=O) groups excluding carboxylic acids is 1. The third-order valence-electron chi connectivity index (χ3n) is 5.44. The number of hydrogen-bond acceptors (Lipinski definition) is 4. The quantitative estimate of drug-likeness (QED) is 0.130. The van der Waals surface area contributed by atoms with Gasteiger partial charge in [0, 0.05) is 34.3 Å². The molecule has 0 aliphatic heterocycles. The average molecular weight is 535 g/mol. The number of hydrogen-bond donors (Lipinski definition) is 2. The summed E-state index contributed by atoms with van der Waals surface area (Å²) in [6, 6.07) is 14.6. The molecule has 0 saturated carbocycles. The Balaban J connectivity index is 1.69. The molecule has 0 amide bonds. The lowest BCUT2D eigenvalue weighted by atomic mass is 9.97. The highest BCUT2D eigenvalue weighted by molar-refractivity contribution is 7.70. The van der Waals surface area contributed by atoms with Crippen LogP contribution < -0.4 is 4.72 Å². The largest absolute Gasteiger partial charge is 0.288 e. The van der Waals surface area contributed by atoms with Gasteiger partial charge in [-0.15, -0.1) is 0 Å². The zero-order chi connectivity index (χ0) is 25.1. The minimum absolute atomic E-state index is 0.102. The van der Waals surface area contributed by atoms with Gasteiger partial charge in [0.05, 0.1) is 16.1 Å². The van der Waals surface area contributed by atoms with Crippen LogP contribution in [0.2, 0.25) is 10.0 Å². The molecular formula is C25H18Cl2F2N2O3S. The summed E-state index contributed by atoms with van der Waals surface area (Å²) in [6.45, 7) is 0.102. The lowest BCUT2D eigenvalue weighted by Crippen LogP contribution is -2.14. The summed E-state index contributed by atoms with van der Waals surface area (Å²) in [7, 11) is -2.76. The van der Waals surface area contributed by atoms with Crippen LogP contribution in [0, 0.1) is 11.6 Å². The van der Waals surface area contributed by atoms with Gasteiger partial charge >= 0.3 is 0 Å². The molecule has 0 saturated heterocycles. The number of fused-ring (bicyclic) bond motifs is 1. The summed E-state index contributed by atoms with van der Waals surface area (Å²) < 4.78 is 52.5. The van der Waals surface area contributed by atoms with Crippen LogP contribution in [0.3, 0.4) is 0 Å². The zero-order valence-corrected chi connectivity index (χ0v) is 20.4. The molecule has 10 heteroatoms. The van der Waals surface area contributed by atoms with Crippen LogP contribution in [0.25, 0.3) is 22.0 Å². The van der Waals surface area contributed by atoms with E-state index in [0.717, 1.165) is 17.2 Å². The first-order chi connectivity index (χ1) is 16.7. The lowest BCUT2D eigenvalue weighted by molar-refractivity contribution is 0.103. The van der Waals surface area contributed by atoms with Crippen molar-refractivity contribution >= 4 is 50.8 Å². The number of pyridine rings is 1. The van der Waals surface area contributed by atoms with Crippen LogP contribution >= 0.6 is 23.2 Å². The van der Waals surface area contributed by atoms with E-state index in [0.29, 0.717) is 15.9 Å². The molecule has 35 heavy (non-hydrogen) atoms. The molecule has 0 fully saturated rings. The van der Waals surface area contributed by atoms with E-state index < -0.39 is 33.9 Å². The van der Waals surface area contributed by atoms with E-state index in [1.807, 2.05) is 18.2 Å². The van der Waals surface area contributed by atoms with Crippen molar-refractivity contribution in [2.45, 2.75) is 12.8 Å². The summed E-state index contributed by atoms with van der Waals surface area (Å²) in [4.78, 5) is 17.6. The molecular weight excluding hydrogens is 517 g/mol. The van der Waals surface area contributed by atoms with Crippen LogP contribution in [0.15, 0.2) is 60.8 Å². The zero-order valence-electron chi connectivity index (χ0n) is 18.0. The maximum atomic E-state index is 14.7. The summed E-state index contributed by atoms with van der Waals surface area (Å²) in [5.74, 6) is -3.31. The molecule has 0 radical (unpaired) electrons. The maximum absolute atomic E-state index is 14.7. The van der Waals surface area contributed by atoms with E-state index in [1.165, 1.54) is 6.07 Å². The summed E-state index contributed by atoms with van der Waals surface area (Å²) in [5.41, 5.74) is 2.06. The van der Waals surface area contributed by atoms with Gasteiger partial charge < -0.3 is 0 Å². The molecule has 0 unspecified atom stereocenters. The first-order valence-electron chi connectivity index (χ1n) is 10.5. The van der Waals surface area contributed by atoms with Crippen LogP contribution in [-0.4, -0.2) is 25.7 Å². The fourth-order valence-electron chi connectivity index (χ4n) is 3.70. The summed E-state index contributed by atoms with van der Waals surface area (Å²) >= 11 is 12.3. The average Bonchev–Trinajstić information content (AvgIpc) is 2.84. The van der Waals surface area contributed by atoms with Gasteiger partial charge in [0.1, 0.15) is 0 Å². The van der Waals surface area contributed by atoms with Crippen molar-refractivity contribution in [2.75, 3.05) is 6.54 Å². The van der Waals surface area contributed by atoms with Crippen LogP contribution in [-0.2, 0) is 17.3 Å². The molecule has 0 atom stereocenters. The number of aryl methyl sites for hydroxylation is 1. The van der Waals surface area contributed by atoms with Gasteiger partial charge in [-0.3, -0.25) is 9.78 Å². The van der Waals surface area contributed by atoms with Gasteiger partial charge in [0.25, 0.3) is 0 Å². The third-order valence-corrected chi connectivity index (χ3v) is 6.61. The molecule has 0 aliphatic rings. The number of carbonyl (C=O) groups is 1. The summed E-state index contributed by atoms with van der Waals surface area (Å²) in [5, 5.41) is 1.03. The minimum Gasteiger partial charge on any atom is -0.288 e. The number of rotatable bonds is 8. The molecule has 1 heterocycles. The topological polar surface area (TPSA) is 76.1 Å². The van der Waals surface area contributed by atoms with E-state index in [4.69, 9.17) is 23.2 Å². The number of nitrogens with one attached hydrogen (secondary N) is 1. The monoisotopic (exact) mass is 534 g/mol. The Morgan fingerprint density at radius 1 is 0.971 bits per heavy atom. The highest BCUT2D eigenvalue weighted by Crippen LogP contribution is 2.31. The smallest absolute Gasteiger partial charge is 0.201 e. The van der Waals surface area contributed by atoms with Crippen molar-refractivity contribution in [2.24, 2.45) is 0 Å². The molecule has 1 aromatic heterocycles. The van der Waals surface area contributed by atoms with Gasteiger partial charge in [0.2, 0.25) is 10.9 Å². The van der Waals surface area contributed by atoms with E-state index in [1.54, 1.807) is 30.5 Å². The predicted molar refractivity (Wildman–Crippen MR) is 134 cm³/mol. The fourth-order valence-corrected chi connectivity index (χ4v) is 4.49. The first kappa shape index (κ1) is 25.2. The SMILES string of the molecule is O=C(c1ccc2ncc(-c3ccc(Cl)cc3)cc2c1)c1c(F)c(F)cc(CCCN[SH](=O)=O)c1Cl. The maximum Gasteiger partial charge on any atom is 0.201 e. The Morgan fingerprint density at radius 3 is 2.43 bits per heavy atom. The van der Waals surface area contributed by atoms with Crippen molar-refractivity contribution in [3.8, 4) is 11.1 Å². The van der Waals surface area contributed by atoms with Crippen LogP contribution in [0.4, 0.5) is 8.78 Å². The van der Waals surface area contributed by atoms with E-state index >= 15 is 0 Å². The van der Waals surface area contributed by atoms with E-state index in [-0.39, 0.29) is 35.5 Å². The Bertz CT molecular complexity index is 1500. The predicted octanol–water partition coefficient (Wildman–Crippen LogP) is 5.77. The Kier molecular flexibility index (Phi) is 7.76. The lowest BCUT2D eigenvalue weighted by Gasteiger charge is -2.12. The van der Waals surface area contributed by atoms with Gasteiger partial charge in [-0.25, -0.2) is 21.9 Å². The van der Waals surface area contributed by atoms with E-state index in [2.05, 4.69) is 9.71 Å². The number of halogens is 4. The molecule has 1 N–H and O–H groups in total. The van der Waals surface area contributed by atoms with Gasteiger partial charge in [-0.05, 0) is 66.4 Å². The van der Waals surface area contributed by atoms with Crippen molar-refractivity contribution in [3.63, 3.8) is 0 Å². The Hall–Kier alpha value is -2.91. The summed E-state index contributed by atoms with van der Waals surface area (Å²) in [6.07, 6.45) is 2.13. The second kappa shape index (κ2) is 10.8. The van der Waals surface area contributed by atoms with Gasteiger partial charge in [0.15, 0.2) is 17.4 Å². The molecule has 0 spiro atoms. The second-order valence-electron chi connectivity index (χ2n) is 7.76. The molecule has 5 nitrogen and oxygen atoms in total. The minimum atomic E-state index is -2.76. The number of ketones is 1. The standard InChI is InChI=1S/C25H18Cl2F2N2O3S/c26-19-6-3-14(4-7-19)18-11-17-10-16(5-8-21(17)30-13-18)25(32)22-23(27)15(12-20(28)24(22)29)2-1-9-31-35(33)34/h3-8,10-13,35H,1-2,9H2,(H,31,33,34). The second-order valence-corrected chi connectivity index (χ2v) is 9.40. The first-order valence-corrected chi connectivity index (χ1v) is 12.4. The van der Waals surface area contributed by atoms with Crippen molar-refractivity contribution in [1.82, 2.24) is 9.71 Å². The number of thiol groups is 1. The van der Waals surface area contributed by atoms with Crippen molar-refractivity contribution in [1.29, 1.82) is 0 Å². The fraction of sp³-hybridized carbons (Fsp3) is 0.120. The van der Waals surface area contributed by atoms with E-state index in [9.17, 15) is 22.0 Å². The van der Waals surface area contributed by atoms with Crippen LogP contribution in [0.5, 0.6) is 0 Å². The number of aromatic nitrogens is 1. The number of benzene rings is 3. The van der Waals surface area contributed by atoms with Crippen molar-refractivity contribution < 1.29 is 22.0 Å². The van der Waals surface area contributed by atoms with Gasteiger partial charge in [-0.2, -0.15) is 0 Å². The Morgan fingerprint density at radius 2 is 1.71 bits per heavy atom. The van der Waals surface area contributed by atoms with Gasteiger partial charge in [-0.1, -0.05) is 35.3 Å². The Labute approximate surface area is 211 Å². The molecule has 0 aliphatic carbocycles. The molecule has 0 bridgehead atoms. The normalized spacial score (nSPS) is 11.3. The highest BCUT2D eigenvalue weighted by atomic mass is 35.5. The third kappa shape index (κ3) is 5.67. The molecule has 4 rings (SSSR count). The molecule has 3 aromatic carbocycles. The van der Waals surface area contributed by atoms with Crippen LogP contribution in [0.1, 0.15) is 27.9 Å².